The minimum atomic E-state index is -5.18. The van der Waals surface area contributed by atoms with Crippen LogP contribution in [0, 0.1) is 28.1 Å². The average Bonchev–Trinajstić information content (AvgIpc) is 3.64. The third-order valence-corrected chi connectivity index (χ3v) is 9.12. The standard InChI is InChI=1S/C33H31N9O7S2.2Na/c1-33(2,3)29-28(36-23-10-12-25(13-11-23)41(16-4-14-34)17-5-15-35)31-38-30(40-42(31)39-29)21-6-8-24(9-7-21)37-32(43)22-18-26(50(44,45)46)20-27(19-22)51(47,48)49;;/h6-13,18-20H,4-5,16-17H2,1-3H3,(H,37,43)(H,44,45,46)(H,47,48,49);;/q;2*+1/p-2. The van der Waals surface area contributed by atoms with Gasteiger partial charge in [-0.05, 0) is 66.7 Å². The number of nitriles is 2. The summed E-state index contributed by atoms with van der Waals surface area (Å²) in [5.74, 6) is -0.266. The van der Waals surface area contributed by atoms with E-state index in [4.69, 9.17) is 20.5 Å². The van der Waals surface area contributed by atoms with Crippen molar-refractivity contribution in [2.75, 3.05) is 23.3 Å². The summed E-state index contributed by atoms with van der Waals surface area (Å²) in [6, 6.07) is 19.6. The fourth-order valence-corrected chi connectivity index (χ4v) is 6.16. The van der Waals surface area contributed by atoms with Gasteiger partial charge in [0.2, 0.25) is 5.82 Å². The molecule has 16 nitrogen and oxygen atoms in total. The molecule has 0 spiro atoms. The molecular weight excluding hydrogens is 745 g/mol. The predicted molar refractivity (Wildman–Crippen MR) is 183 cm³/mol. The van der Waals surface area contributed by atoms with Crippen molar-refractivity contribution in [3.63, 3.8) is 0 Å². The zero-order valence-corrected chi connectivity index (χ0v) is 35.1. The summed E-state index contributed by atoms with van der Waals surface area (Å²) in [5, 5.41) is 29.7. The van der Waals surface area contributed by atoms with E-state index in [1.165, 1.54) is 16.9 Å². The van der Waals surface area contributed by atoms with Gasteiger partial charge < -0.3 is 19.3 Å². The van der Waals surface area contributed by atoms with Gasteiger partial charge in [0.1, 0.15) is 25.9 Å². The number of carbonyl (C=O) groups is 1. The second-order valence-corrected chi connectivity index (χ2v) is 15.0. The molecule has 0 unspecified atom stereocenters. The van der Waals surface area contributed by atoms with Crippen molar-refractivity contribution in [2.24, 2.45) is 15.5 Å². The van der Waals surface area contributed by atoms with Gasteiger partial charge in [-0.15, -0.1) is 9.89 Å². The number of aromatic nitrogens is 3. The fourth-order valence-electron chi connectivity index (χ4n) is 5.00. The molecule has 262 valence electrons. The van der Waals surface area contributed by atoms with Crippen LogP contribution in [0.2, 0.25) is 0 Å². The molecule has 1 aliphatic rings. The van der Waals surface area contributed by atoms with Gasteiger partial charge >= 0.3 is 59.1 Å². The molecule has 0 radical (unpaired) electrons. The van der Waals surface area contributed by atoms with Gasteiger partial charge in [0.05, 0.1) is 46.2 Å². The van der Waals surface area contributed by atoms with Crippen molar-refractivity contribution in [1.29, 1.82) is 10.5 Å². The summed E-state index contributed by atoms with van der Waals surface area (Å²) in [4.78, 5) is 23.7. The summed E-state index contributed by atoms with van der Waals surface area (Å²) in [5.41, 5.74) is 2.49. The quantitative estimate of drug-likeness (QED) is 0.129. The predicted octanol–water partition coefficient (Wildman–Crippen LogP) is -1.97. The van der Waals surface area contributed by atoms with Crippen molar-refractivity contribution < 1.29 is 89.9 Å². The first kappa shape index (κ1) is 43.6. The van der Waals surface area contributed by atoms with Crippen LogP contribution in [0.5, 0.6) is 0 Å². The largest absolute Gasteiger partial charge is 1.00 e. The molecule has 5 rings (SSSR count). The molecule has 1 N–H and O–H groups in total. The Labute approximate surface area is 350 Å². The maximum Gasteiger partial charge on any atom is 1.00 e. The van der Waals surface area contributed by atoms with E-state index in [1.807, 2.05) is 49.9 Å². The van der Waals surface area contributed by atoms with Crippen LogP contribution in [0.4, 0.5) is 17.1 Å². The van der Waals surface area contributed by atoms with Crippen LogP contribution in [-0.4, -0.2) is 71.2 Å². The monoisotopic (exact) mass is 773 g/mol. The van der Waals surface area contributed by atoms with Crippen molar-refractivity contribution in [1.82, 2.24) is 14.9 Å². The van der Waals surface area contributed by atoms with E-state index in [0.29, 0.717) is 78.5 Å². The second kappa shape index (κ2) is 17.6. The van der Waals surface area contributed by atoms with E-state index in [9.17, 15) is 30.7 Å². The van der Waals surface area contributed by atoms with Gasteiger partial charge in [0.15, 0.2) is 5.82 Å². The number of nitrogens with zero attached hydrogens (tertiary/aromatic N) is 8. The molecule has 2 heterocycles. The Morgan fingerprint density at radius 1 is 0.887 bits per heavy atom. The van der Waals surface area contributed by atoms with Crippen molar-refractivity contribution in [3.8, 4) is 23.5 Å². The molecule has 1 aromatic heterocycles. The van der Waals surface area contributed by atoms with Crippen LogP contribution in [0.25, 0.3) is 11.4 Å². The number of carbonyl (C=O) groups excluding carboxylic acids is 1. The number of anilines is 2. The van der Waals surface area contributed by atoms with Gasteiger partial charge in [0.25, 0.3) is 5.91 Å². The number of nitrogens with one attached hydrogen (secondary N) is 1. The second-order valence-electron chi connectivity index (χ2n) is 12.3. The third-order valence-electron chi connectivity index (χ3n) is 7.50. The molecule has 0 saturated carbocycles. The summed E-state index contributed by atoms with van der Waals surface area (Å²) in [6.45, 7) is 6.95. The molecule has 0 aliphatic carbocycles. The molecule has 0 fully saturated rings. The Kier molecular flexibility index (Phi) is 14.5. The number of fused-ring (bicyclic) bond motifs is 1. The normalized spacial score (nSPS) is 13.1. The zero-order valence-electron chi connectivity index (χ0n) is 29.4. The van der Waals surface area contributed by atoms with Crippen molar-refractivity contribution >= 4 is 54.6 Å². The number of rotatable bonds is 11. The van der Waals surface area contributed by atoms with E-state index in [1.54, 1.807) is 12.1 Å². The van der Waals surface area contributed by atoms with Crippen LogP contribution in [-0.2, 0) is 20.2 Å². The Bertz CT molecular complexity index is 2310. The fraction of sp³-hybridized carbons (Fsp3) is 0.242. The van der Waals surface area contributed by atoms with Gasteiger partial charge in [-0.25, -0.2) is 26.8 Å². The number of hydrogen-bond donors (Lipinski definition) is 1. The van der Waals surface area contributed by atoms with Gasteiger partial charge in [-0.1, -0.05) is 20.8 Å². The van der Waals surface area contributed by atoms with E-state index < -0.39 is 46.9 Å². The Morgan fingerprint density at radius 3 is 1.92 bits per heavy atom. The first-order valence-corrected chi connectivity index (χ1v) is 18.0. The van der Waals surface area contributed by atoms with Gasteiger partial charge in [-0.3, -0.25) is 4.79 Å². The molecule has 0 bridgehead atoms. The number of aliphatic imine (C=N–C) groups is 1. The molecule has 0 atom stereocenters. The molecule has 4 aromatic rings. The molecule has 20 heteroatoms. The van der Waals surface area contributed by atoms with Crippen molar-refractivity contribution in [2.45, 2.75) is 43.4 Å². The molecule has 1 amide bonds. The first-order valence-electron chi connectivity index (χ1n) is 15.2. The Morgan fingerprint density at radius 2 is 1.43 bits per heavy atom. The first-order chi connectivity index (χ1) is 24.0. The maximum atomic E-state index is 12.9. The summed E-state index contributed by atoms with van der Waals surface area (Å²) >= 11 is 0. The zero-order chi connectivity index (χ0) is 37.1. The van der Waals surface area contributed by atoms with E-state index in [-0.39, 0.29) is 64.8 Å². The van der Waals surface area contributed by atoms with Gasteiger partial charge in [-0.2, -0.15) is 15.6 Å². The average molecular weight is 774 g/mol. The van der Waals surface area contributed by atoms with E-state index >= 15 is 0 Å². The molecule has 3 aromatic carbocycles. The molecule has 0 saturated heterocycles. The van der Waals surface area contributed by atoms with Crippen LogP contribution < -0.4 is 69.3 Å². The third kappa shape index (κ3) is 10.7. The Hall–Kier alpha value is -3.79. The number of hydrogen-bond acceptors (Lipinski definition) is 14. The minimum absolute atomic E-state index is 0. The summed E-state index contributed by atoms with van der Waals surface area (Å²) in [6.07, 6.45) is 0.641. The summed E-state index contributed by atoms with van der Waals surface area (Å²) < 4.78 is 69.1. The molecule has 53 heavy (non-hydrogen) atoms. The topological polar surface area (TPSA) is 250 Å². The van der Waals surface area contributed by atoms with Crippen LogP contribution >= 0.6 is 0 Å². The Balaban J connectivity index is 0.00000378. The van der Waals surface area contributed by atoms with Crippen LogP contribution in [0.1, 0.15) is 49.8 Å². The number of benzene rings is 3. The minimum Gasteiger partial charge on any atom is -0.744 e. The van der Waals surface area contributed by atoms with E-state index in [2.05, 4.69) is 27.7 Å². The van der Waals surface area contributed by atoms with Crippen LogP contribution in [0.3, 0.4) is 0 Å². The smallest absolute Gasteiger partial charge is 0.744 e. The molecule has 1 aliphatic heterocycles. The molecular formula is C33H29N9Na2O7S2. The van der Waals surface area contributed by atoms with Gasteiger partial charge in [0, 0.05) is 41.0 Å². The number of amides is 1. The van der Waals surface area contributed by atoms with Crippen molar-refractivity contribution in [3.05, 3.63) is 78.1 Å². The maximum absolute atomic E-state index is 12.9. The SMILES string of the molecule is CC(C)(C)C1=Nn2nc(-c3ccc(NC(=O)c4cc(S(=O)(=O)[O-])cc(S(=O)(=O)[O-])c4)cc3)nc2C1=Nc1ccc(N(CCC#N)CCC#N)cc1.[Na+].[Na+]. The van der Waals surface area contributed by atoms with Crippen LogP contribution in [0.15, 0.2) is 86.6 Å². The van der Waals surface area contributed by atoms with E-state index in [0.717, 1.165) is 5.69 Å². The summed E-state index contributed by atoms with van der Waals surface area (Å²) in [7, 11) is -10.4.